The molecule has 1 heterocycles. The Labute approximate surface area is 146 Å². The van der Waals surface area contributed by atoms with Crippen LogP contribution in [-0.4, -0.2) is 62.2 Å². The lowest BCUT2D eigenvalue weighted by Crippen LogP contribution is -2.51. The van der Waals surface area contributed by atoms with Crippen molar-refractivity contribution in [3.8, 4) is 0 Å². The van der Waals surface area contributed by atoms with Crippen molar-refractivity contribution in [2.75, 3.05) is 33.3 Å². The van der Waals surface area contributed by atoms with Crippen molar-refractivity contribution < 1.29 is 9.53 Å². The second-order valence-electron chi connectivity index (χ2n) is 6.90. The summed E-state index contributed by atoms with van der Waals surface area (Å²) in [5.74, 6) is 1.06. The average molecular weight is 338 g/mol. The molecule has 1 atom stereocenters. The Morgan fingerprint density at radius 3 is 2.67 bits per heavy atom. The van der Waals surface area contributed by atoms with Crippen molar-refractivity contribution in [3.63, 3.8) is 0 Å². The number of amides is 1. The number of hydrogen-bond donors (Lipinski definition) is 2. The van der Waals surface area contributed by atoms with E-state index in [0.29, 0.717) is 25.7 Å². The molecule has 2 rings (SSSR count). The molecular formula is C18H34N4O2. The quantitative estimate of drug-likeness (QED) is 0.336. The van der Waals surface area contributed by atoms with Crippen LogP contribution < -0.4 is 10.6 Å². The molecule has 1 amide bonds. The number of hydrogen-bond acceptors (Lipinski definition) is 3. The van der Waals surface area contributed by atoms with E-state index in [4.69, 9.17) is 4.74 Å². The molecule has 0 aromatic carbocycles. The smallest absolute Gasteiger partial charge is 0.222 e. The first-order valence-corrected chi connectivity index (χ1v) is 9.59. The van der Waals surface area contributed by atoms with Crippen molar-refractivity contribution >= 4 is 11.9 Å². The molecule has 1 aliphatic carbocycles. The SMILES string of the molecule is CCNC(=NCCOC1CCCCCC1)NC1CCC(=O)N(C)C1. The van der Waals surface area contributed by atoms with Crippen LogP contribution in [0.3, 0.4) is 0 Å². The van der Waals surface area contributed by atoms with Gasteiger partial charge in [-0.05, 0) is 26.2 Å². The van der Waals surface area contributed by atoms with Gasteiger partial charge in [-0.25, -0.2) is 0 Å². The Hall–Kier alpha value is -1.30. The van der Waals surface area contributed by atoms with Gasteiger partial charge in [0.15, 0.2) is 5.96 Å². The zero-order valence-electron chi connectivity index (χ0n) is 15.4. The molecule has 6 heteroatoms. The minimum absolute atomic E-state index is 0.229. The van der Waals surface area contributed by atoms with Crippen LogP contribution in [0.5, 0.6) is 0 Å². The zero-order valence-corrected chi connectivity index (χ0v) is 15.4. The highest BCUT2D eigenvalue weighted by molar-refractivity contribution is 5.81. The molecule has 1 saturated heterocycles. The third kappa shape index (κ3) is 6.67. The summed E-state index contributed by atoms with van der Waals surface area (Å²) < 4.78 is 6.00. The van der Waals surface area contributed by atoms with E-state index >= 15 is 0 Å². The number of likely N-dealkylation sites (N-methyl/N-ethyl adjacent to an activating group) is 1. The summed E-state index contributed by atoms with van der Waals surface area (Å²) in [5, 5.41) is 6.73. The molecule has 24 heavy (non-hydrogen) atoms. The van der Waals surface area contributed by atoms with Gasteiger partial charge in [0.05, 0.1) is 19.3 Å². The fourth-order valence-electron chi connectivity index (χ4n) is 3.43. The van der Waals surface area contributed by atoms with Crippen LogP contribution in [0.1, 0.15) is 58.3 Å². The molecule has 1 unspecified atom stereocenters. The maximum Gasteiger partial charge on any atom is 0.222 e. The van der Waals surface area contributed by atoms with Gasteiger partial charge in [0, 0.05) is 32.6 Å². The Morgan fingerprint density at radius 1 is 1.25 bits per heavy atom. The fraction of sp³-hybridized carbons (Fsp3) is 0.889. The highest BCUT2D eigenvalue weighted by Crippen LogP contribution is 2.19. The van der Waals surface area contributed by atoms with Crippen LogP contribution in [0.15, 0.2) is 4.99 Å². The summed E-state index contributed by atoms with van der Waals surface area (Å²) in [6.45, 7) is 4.99. The number of carbonyl (C=O) groups is 1. The predicted molar refractivity (Wildman–Crippen MR) is 97.2 cm³/mol. The number of likely N-dealkylation sites (tertiary alicyclic amines) is 1. The third-order valence-corrected chi connectivity index (χ3v) is 4.83. The second kappa shape index (κ2) is 10.5. The van der Waals surface area contributed by atoms with Crippen molar-refractivity contribution in [1.82, 2.24) is 15.5 Å². The topological polar surface area (TPSA) is 66.0 Å². The van der Waals surface area contributed by atoms with Crippen molar-refractivity contribution in [3.05, 3.63) is 0 Å². The van der Waals surface area contributed by atoms with E-state index in [1.165, 1.54) is 38.5 Å². The molecule has 0 spiro atoms. The van der Waals surface area contributed by atoms with E-state index in [0.717, 1.165) is 25.5 Å². The van der Waals surface area contributed by atoms with E-state index in [1.54, 1.807) is 4.90 Å². The van der Waals surface area contributed by atoms with Gasteiger partial charge in [-0.15, -0.1) is 0 Å². The van der Waals surface area contributed by atoms with Gasteiger partial charge in [-0.2, -0.15) is 0 Å². The normalized spacial score (nSPS) is 23.9. The molecule has 138 valence electrons. The van der Waals surface area contributed by atoms with Gasteiger partial charge in [0.1, 0.15) is 0 Å². The molecule has 0 aromatic heterocycles. The number of guanidine groups is 1. The summed E-state index contributed by atoms with van der Waals surface area (Å²) in [5.41, 5.74) is 0. The lowest BCUT2D eigenvalue weighted by atomic mass is 10.1. The van der Waals surface area contributed by atoms with E-state index < -0.39 is 0 Å². The van der Waals surface area contributed by atoms with Gasteiger partial charge in [-0.1, -0.05) is 25.7 Å². The van der Waals surface area contributed by atoms with Crippen LogP contribution in [0.2, 0.25) is 0 Å². The largest absolute Gasteiger partial charge is 0.376 e. The number of ether oxygens (including phenoxy) is 1. The maximum atomic E-state index is 11.6. The molecule has 1 saturated carbocycles. The van der Waals surface area contributed by atoms with Gasteiger partial charge in [-0.3, -0.25) is 9.79 Å². The molecule has 0 aromatic rings. The summed E-state index contributed by atoms with van der Waals surface area (Å²) in [7, 11) is 1.86. The molecule has 2 N–H and O–H groups in total. The monoisotopic (exact) mass is 338 g/mol. The Kier molecular flexibility index (Phi) is 8.36. The second-order valence-corrected chi connectivity index (χ2v) is 6.90. The fourth-order valence-corrected chi connectivity index (χ4v) is 3.43. The zero-order chi connectivity index (χ0) is 17.2. The number of rotatable bonds is 6. The number of piperidine rings is 1. The lowest BCUT2D eigenvalue weighted by molar-refractivity contribution is -0.132. The first-order chi connectivity index (χ1) is 11.7. The minimum Gasteiger partial charge on any atom is -0.376 e. The number of carbonyl (C=O) groups excluding carboxylic acids is 1. The van der Waals surface area contributed by atoms with E-state index in [2.05, 4.69) is 22.5 Å². The summed E-state index contributed by atoms with van der Waals surface area (Å²) in [6, 6.07) is 0.272. The lowest BCUT2D eigenvalue weighted by Gasteiger charge is -2.31. The Bertz CT molecular complexity index is 406. The van der Waals surface area contributed by atoms with Crippen molar-refractivity contribution in [2.45, 2.75) is 70.4 Å². The summed E-state index contributed by atoms with van der Waals surface area (Å²) in [6.07, 6.45) is 9.60. The minimum atomic E-state index is 0.229. The van der Waals surface area contributed by atoms with Crippen molar-refractivity contribution in [2.24, 2.45) is 4.99 Å². The van der Waals surface area contributed by atoms with Gasteiger partial charge >= 0.3 is 0 Å². The maximum absolute atomic E-state index is 11.6. The molecule has 6 nitrogen and oxygen atoms in total. The van der Waals surface area contributed by atoms with Crippen molar-refractivity contribution in [1.29, 1.82) is 0 Å². The highest BCUT2D eigenvalue weighted by Gasteiger charge is 2.23. The van der Waals surface area contributed by atoms with E-state index in [-0.39, 0.29) is 11.9 Å². The standard InChI is InChI=1S/C18H34N4O2/c1-3-19-18(21-15-10-11-17(23)22(2)14-15)20-12-13-24-16-8-6-4-5-7-9-16/h15-16H,3-14H2,1-2H3,(H2,19,20,21). The predicted octanol–water partition coefficient (Wildman–Crippen LogP) is 1.90. The highest BCUT2D eigenvalue weighted by atomic mass is 16.5. The first-order valence-electron chi connectivity index (χ1n) is 9.59. The Balaban J connectivity index is 1.72. The van der Waals surface area contributed by atoms with Crippen LogP contribution in [0.4, 0.5) is 0 Å². The molecule has 2 aliphatic rings. The van der Waals surface area contributed by atoms with Crippen LogP contribution in [0, 0.1) is 0 Å². The van der Waals surface area contributed by atoms with E-state index in [1.807, 2.05) is 7.05 Å². The van der Waals surface area contributed by atoms with Crippen LogP contribution in [0.25, 0.3) is 0 Å². The number of nitrogens with zero attached hydrogens (tertiary/aromatic N) is 2. The Morgan fingerprint density at radius 2 is 2.00 bits per heavy atom. The molecule has 2 fully saturated rings. The first kappa shape index (κ1) is 19.0. The average Bonchev–Trinajstić information content (AvgIpc) is 2.84. The van der Waals surface area contributed by atoms with Gasteiger partial charge < -0.3 is 20.3 Å². The molecule has 0 bridgehead atoms. The van der Waals surface area contributed by atoms with Crippen LogP contribution in [-0.2, 0) is 9.53 Å². The number of aliphatic imine (C=N–C) groups is 1. The summed E-state index contributed by atoms with van der Waals surface area (Å²) in [4.78, 5) is 18.0. The van der Waals surface area contributed by atoms with Gasteiger partial charge in [0.25, 0.3) is 0 Å². The van der Waals surface area contributed by atoms with Gasteiger partial charge in [0.2, 0.25) is 5.91 Å². The molecular weight excluding hydrogens is 304 g/mol. The van der Waals surface area contributed by atoms with Crippen LogP contribution >= 0.6 is 0 Å². The summed E-state index contributed by atoms with van der Waals surface area (Å²) >= 11 is 0. The molecule has 0 radical (unpaired) electrons. The third-order valence-electron chi connectivity index (χ3n) is 4.83. The van der Waals surface area contributed by atoms with E-state index in [9.17, 15) is 4.79 Å². The number of nitrogens with one attached hydrogen (secondary N) is 2. The molecule has 1 aliphatic heterocycles.